The topological polar surface area (TPSA) is 57.8 Å². The normalized spacial score (nSPS) is 19.8. The second-order valence-corrected chi connectivity index (χ2v) is 6.30. The van der Waals surface area contributed by atoms with Gasteiger partial charge in [0.2, 0.25) is 5.91 Å². The van der Waals surface area contributed by atoms with E-state index in [9.17, 15) is 4.79 Å². The molecule has 1 fully saturated rings. The molecule has 0 bridgehead atoms. The third-order valence-electron chi connectivity index (χ3n) is 4.39. The number of nitrogens with zero attached hydrogens (tertiary/aromatic N) is 1. The van der Waals surface area contributed by atoms with E-state index in [2.05, 4.69) is 15.3 Å². The lowest BCUT2D eigenvalue weighted by molar-refractivity contribution is -0.119. The molecule has 0 radical (unpaired) electrons. The van der Waals surface area contributed by atoms with E-state index in [1.165, 1.54) is 18.5 Å². The number of aromatic amines is 1. The van der Waals surface area contributed by atoms with Crippen molar-refractivity contribution >= 4 is 11.6 Å². The molecule has 4 rings (SSSR count). The molecule has 1 aliphatic carbocycles. The van der Waals surface area contributed by atoms with E-state index in [-0.39, 0.29) is 5.91 Å². The van der Waals surface area contributed by atoms with Gasteiger partial charge in [-0.05, 0) is 38.3 Å². The molecule has 4 heteroatoms. The number of benzene rings is 1. The van der Waals surface area contributed by atoms with Crippen molar-refractivity contribution in [2.75, 3.05) is 5.32 Å². The minimum absolute atomic E-state index is 0.0581. The molecule has 0 unspecified atom stereocenters. The third-order valence-corrected chi connectivity index (χ3v) is 4.39. The summed E-state index contributed by atoms with van der Waals surface area (Å²) in [6.45, 7) is 3.90. The maximum atomic E-state index is 12.0. The molecule has 102 valence electrons. The lowest BCUT2D eigenvalue weighted by Gasteiger charge is -2.14. The van der Waals surface area contributed by atoms with Gasteiger partial charge in [0.05, 0.1) is 5.41 Å². The van der Waals surface area contributed by atoms with Crippen molar-refractivity contribution in [1.29, 1.82) is 0 Å². The van der Waals surface area contributed by atoms with Gasteiger partial charge in [0.25, 0.3) is 0 Å². The Morgan fingerprint density at radius 3 is 2.85 bits per heavy atom. The van der Waals surface area contributed by atoms with Crippen LogP contribution in [-0.4, -0.2) is 15.9 Å². The van der Waals surface area contributed by atoms with E-state index in [1.807, 2.05) is 38.2 Å². The number of nitrogens with one attached hydrogen (secondary N) is 2. The first-order chi connectivity index (χ1) is 9.55. The van der Waals surface area contributed by atoms with E-state index in [0.29, 0.717) is 5.92 Å². The van der Waals surface area contributed by atoms with Gasteiger partial charge in [-0.2, -0.15) is 0 Å². The minimum Gasteiger partial charge on any atom is -0.342 e. The first kappa shape index (κ1) is 11.7. The van der Waals surface area contributed by atoms with Crippen LogP contribution >= 0.6 is 0 Å². The molecule has 1 aliphatic heterocycles. The Balaban J connectivity index is 1.74. The highest BCUT2D eigenvalue weighted by Gasteiger charge is 2.38. The van der Waals surface area contributed by atoms with Crippen LogP contribution in [0.1, 0.15) is 43.9 Å². The highest BCUT2D eigenvalue weighted by molar-refractivity contribution is 6.06. The summed E-state index contributed by atoms with van der Waals surface area (Å²) in [4.78, 5) is 19.8. The van der Waals surface area contributed by atoms with Crippen molar-refractivity contribution in [3.63, 3.8) is 0 Å². The van der Waals surface area contributed by atoms with E-state index >= 15 is 0 Å². The fourth-order valence-electron chi connectivity index (χ4n) is 2.82. The quantitative estimate of drug-likeness (QED) is 0.878. The maximum Gasteiger partial charge on any atom is 0.234 e. The van der Waals surface area contributed by atoms with Crippen molar-refractivity contribution in [2.24, 2.45) is 0 Å². The first-order valence-electron chi connectivity index (χ1n) is 7.07. The molecule has 0 spiro atoms. The predicted molar refractivity (Wildman–Crippen MR) is 77.7 cm³/mol. The van der Waals surface area contributed by atoms with Crippen molar-refractivity contribution in [2.45, 2.75) is 38.0 Å². The Labute approximate surface area is 117 Å². The molecule has 20 heavy (non-hydrogen) atoms. The third kappa shape index (κ3) is 1.60. The van der Waals surface area contributed by atoms with Gasteiger partial charge in [0, 0.05) is 29.1 Å². The fourth-order valence-corrected chi connectivity index (χ4v) is 2.82. The number of H-pyrrole nitrogens is 1. The zero-order valence-corrected chi connectivity index (χ0v) is 11.7. The number of aromatic nitrogens is 2. The average Bonchev–Trinajstić information content (AvgIpc) is 3.10. The smallest absolute Gasteiger partial charge is 0.234 e. The summed E-state index contributed by atoms with van der Waals surface area (Å²) in [6, 6.07) is 6.08. The monoisotopic (exact) mass is 267 g/mol. The van der Waals surface area contributed by atoms with E-state index in [0.717, 1.165) is 22.6 Å². The largest absolute Gasteiger partial charge is 0.342 e. The molecule has 4 nitrogen and oxygen atoms in total. The van der Waals surface area contributed by atoms with Gasteiger partial charge in [-0.15, -0.1) is 0 Å². The summed E-state index contributed by atoms with van der Waals surface area (Å²) in [7, 11) is 0. The van der Waals surface area contributed by atoms with Crippen LogP contribution in [0.3, 0.4) is 0 Å². The maximum absolute atomic E-state index is 12.0. The van der Waals surface area contributed by atoms with E-state index in [1.54, 1.807) is 0 Å². The second-order valence-electron chi connectivity index (χ2n) is 6.30. The molecule has 1 saturated carbocycles. The standard InChI is InChI=1S/C16H17N3O/c1-16(2)11-6-5-10(7-12(11)19-15(16)20)14-17-8-13(18-14)9-3-4-9/h5-9H,3-4H2,1-2H3,(H,17,18)(H,19,20). The Morgan fingerprint density at radius 1 is 1.30 bits per heavy atom. The summed E-state index contributed by atoms with van der Waals surface area (Å²) >= 11 is 0. The Morgan fingerprint density at radius 2 is 2.10 bits per heavy atom. The number of rotatable bonds is 2. The number of fused-ring (bicyclic) bond motifs is 1. The van der Waals surface area contributed by atoms with Crippen LogP contribution in [0.25, 0.3) is 11.4 Å². The van der Waals surface area contributed by atoms with Crippen LogP contribution in [0.2, 0.25) is 0 Å². The first-order valence-corrected chi connectivity index (χ1v) is 7.07. The van der Waals surface area contributed by atoms with Gasteiger partial charge in [-0.1, -0.05) is 12.1 Å². The summed E-state index contributed by atoms with van der Waals surface area (Å²) < 4.78 is 0. The number of imidazole rings is 1. The van der Waals surface area contributed by atoms with Crippen LogP contribution in [0.15, 0.2) is 24.4 Å². The number of carbonyl (C=O) groups is 1. The van der Waals surface area contributed by atoms with Gasteiger partial charge < -0.3 is 10.3 Å². The SMILES string of the molecule is CC1(C)C(=O)Nc2cc(-c3ncc(C4CC4)[nH]3)ccc21. The number of carbonyl (C=O) groups excluding carboxylic acids is 1. The summed E-state index contributed by atoms with van der Waals surface area (Å²) in [6.07, 6.45) is 4.45. The lowest BCUT2D eigenvalue weighted by Crippen LogP contribution is -2.26. The molecule has 2 aromatic rings. The van der Waals surface area contributed by atoms with Crippen LogP contribution in [0.5, 0.6) is 0 Å². The van der Waals surface area contributed by atoms with Crippen LogP contribution in [0.4, 0.5) is 5.69 Å². The zero-order valence-electron chi connectivity index (χ0n) is 11.7. The summed E-state index contributed by atoms with van der Waals surface area (Å²) in [5, 5.41) is 2.96. The molecular formula is C16H17N3O. The number of amides is 1. The Kier molecular flexibility index (Phi) is 2.18. The van der Waals surface area contributed by atoms with E-state index < -0.39 is 5.41 Å². The van der Waals surface area contributed by atoms with Gasteiger partial charge >= 0.3 is 0 Å². The highest BCUT2D eigenvalue weighted by Crippen LogP contribution is 2.41. The molecule has 1 aromatic heterocycles. The average molecular weight is 267 g/mol. The molecule has 1 aromatic carbocycles. The van der Waals surface area contributed by atoms with Crippen LogP contribution < -0.4 is 5.32 Å². The zero-order chi connectivity index (χ0) is 13.9. The van der Waals surface area contributed by atoms with Gasteiger partial charge in [0.15, 0.2) is 0 Å². The van der Waals surface area contributed by atoms with E-state index in [4.69, 9.17) is 0 Å². The molecule has 2 aliphatic rings. The lowest BCUT2D eigenvalue weighted by atomic mass is 9.86. The highest BCUT2D eigenvalue weighted by atomic mass is 16.2. The Bertz CT molecular complexity index is 710. The predicted octanol–water partition coefficient (Wildman–Crippen LogP) is 3.18. The van der Waals surface area contributed by atoms with Gasteiger partial charge in [0.1, 0.15) is 5.82 Å². The fraction of sp³-hybridized carbons (Fsp3) is 0.375. The van der Waals surface area contributed by atoms with Crippen molar-refractivity contribution in [3.05, 3.63) is 35.7 Å². The van der Waals surface area contributed by atoms with Crippen molar-refractivity contribution in [3.8, 4) is 11.4 Å². The molecular weight excluding hydrogens is 250 g/mol. The second kappa shape index (κ2) is 3.72. The molecule has 1 amide bonds. The van der Waals surface area contributed by atoms with Crippen LogP contribution in [-0.2, 0) is 10.2 Å². The number of anilines is 1. The number of hydrogen-bond donors (Lipinski definition) is 2. The van der Waals surface area contributed by atoms with Crippen molar-refractivity contribution in [1.82, 2.24) is 9.97 Å². The summed E-state index contributed by atoms with van der Waals surface area (Å²) in [5.74, 6) is 1.61. The minimum atomic E-state index is -0.448. The molecule has 2 N–H and O–H groups in total. The van der Waals surface area contributed by atoms with Crippen molar-refractivity contribution < 1.29 is 4.79 Å². The Hall–Kier alpha value is -2.10. The van der Waals surface area contributed by atoms with Crippen LogP contribution in [0, 0.1) is 0 Å². The molecule has 0 saturated heterocycles. The van der Waals surface area contributed by atoms with Gasteiger partial charge in [-0.3, -0.25) is 4.79 Å². The molecule has 2 heterocycles. The molecule has 0 atom stereocenters. The number of hydrogen-bond acceptors (Lipinski definition) is 2. The van der Waals surface area contributed by atoms with Gasteiger partial charge in [-0.25, -0.2) is 4.98 Å². The summed E-state index contributed by atoms with van der Waals surface area (Å²) in [5.41, 5.74) is 3.76.